The zero-order valence-electron chi connectivity index (χ0n) is 16.3. The van der Waals surface area contributed by atoms with Gasteiger partial charge in [0.25, 0.3) is 5.91 Å². The number of ether oxygens (including phenoxy) is 2. The van der Waals surface area contributed by atoms with Crippen molar-refractivity contribution in [2.75, 3.05) is 7.11 Å². The SMILES string of the molecule is COc1ccc(CCC(=O)OC(C)C(=O)NC(=O)NCc2ccccc2)cc1O. The van der Waals surface area contributed by atoms with E-state index in [1.54, 1.807) is 12.1 Å². The third-order valence-corrected chi connectivity index (χ3v) is 4.07. The highest BCUT2D eigenvalue weighted by atomic mass is 16.5. The molecule has 3 amide bonds. The van der Waals surface area contributed by atoms with Crippen molar-refractivity contribution in [1.29, 1.82) is 0 Å². The van der Waals surface area contributed by atoms with Crippen LogP contribution >= 0.6 is 0 Å². The normalized spacial score (nSPS) is 11.2. The van der Waals surface area contributed by atoms with Crippen LogP contribution in [-0.2, 0) is 27.3 Å². The Hall–Kier alpha value is -3.55. The fourth-order valence-corrected chi connectivity index (χ4v) is 2.48. The maximum Gasteiger partial charge on any atom is 0.321 e. The summed E-state index contributed by atoms with van der Waals surface area (Å²) in [4.78, 5) is 35.7. The van der Waals surface area contributed by atoms with Gasteiger partial charge in [0.05, 0.1) is 7.11 Å². The Bertz CT molecular complexity index is 854. The maximum atomic E-state index is 12.0. The molecule has 0 spiro atoms. The van der Waals surface area contributed by atoms with Gasteiger partial charge in [-0.25, -0.2) is 4.79 Å². The summed E-state index contributed by atoms with van der Waals surface area (Å²) in [5, 5.41) is 14.4. The van der Waals surface area contributed by atoms with Crippen molar-refractivity contribution >= 4 is 17.9 Å². The fraction of sp³-hybridized carbons (Fsp3) is 0.286. The summed E-state index contributed by atoms with van der Waals surface area (Å²) >= 11 is 0. The minimum Gasteiger partial charge on any atom is -0.504 e. The smallest absolute Gasteiger partial charge is 0.321 e. The first-order valence-corrected chi connectivity index (χ1v) is 9.07. The van der Waals surface area contributed by atoms with E-state index in [0.717, 1.165) is 11.1 Å². The quantitative estimate of drug-likeness (QED) is 0.586. The third kappa shape index (κ3) is 7.17. The Morgan fingerprint density at radius 2 is 1.79 bits per heavy atom. The highest BCUT2D eigenvalue weighted by molar-refractivity contribution is 5.97. The number of phenolic OH excluding ortho intramolecular Hbond substituents is 1. The van der Waals surface area contributed by atoms with Gasteiger partial charge in [-0.3, -0.25) is 14.9 Å². The number of methoxy groups -OCH3 is 1. The van der Waals surface area contributed by atoms with E-state index in [0.29, 0.717) is 12.2 Å². The number of urea groups is 1. The molecule has 0 heterocycles. The lowest BCUT2D eigenvalue weighted by molar-refractivity contribution is -0.154. The minimum atomic E-state index is -1.12. The molecule has 154 valence electrons. The molecular weight excluding hydrogens is 376 g/mol. The molecule has 3 N–H and O–H groups in total. The number of esters is 1. The van der Waals surface area contributed by atoms with E-state index in [2.05, 4.69) is 10.6 Å². The first-order chi connectivity index (χ1) is 13.9. The molecule has 2 rings (SSSR count). The zero-order valence-corrected chi connectivity index (χ0v) is 16.3. The number of imide groups is 1. The van der Waals surface area contributed by atoms with Gasteiger partial charge < -0.3 is 19.9 Å². The summed E-state index contributed by atoms with van der Waals surface area (Å²) in [5.41, 5.74) is 1.61. The average Bonchev–Trinajstić information content (AvgIpc) is 2.71. The molecule has 0 radical (unpaired) electrons. The number of aryl methyl sites for hydroxylation is 1. The van der Waals surface area contributed by atoms with Crippen LogP contribution in [-0.4, -0.2) is 36.2 Å². The number of hydrogen-bond donors (Lipinski definition) is 3. The molecule has 2 aromatic carbocycles. The lowest BCUT2D eigenvalue weighted by Gasteiger charge is -2.13. The zero-order chi connectivity index (χ0) is 21.2. The molecule has 2 aromatic rings. The van der Waals surface area contributed by atoms with E-state index in [1.807, 2.05) is 30.3 Å². The Morgan fingerprint density at radius 3 is 2.45 bits per heavy atom. The highest BCUT2D eigenvalue weighted by Gasteiger charge is 2.20. The number of phenols is 1. The minimum absolute atomic E-state index is 0.0175. The van der Waals surface area contributed by atoms with Crippen LogP contribution in [0.25, 0.3) is 0 Å². The molecule has 0 fully saturated rings. The topological polar surface area (TPSA) is 114 Å². The number of rotatable bonds is 8. The molecule has 0 saturated heterocycles. The van der Waals surface area contributed by atoms with Crippen molar-refractivity contribution < 1.29 is 29.0 Å². The van der Waals surface area contributed by atoms with Crippen LogP contribution in [0.5, 0.6) is 11.5 Å². The Balaban J connectivity index is 1.73. The predicted molar refractivity (Wildman–Crippen MR) is 105 cm³/mol. The number of aromatic hydroxyl groups is 1. The lowest BCUT2D eigenvalue weighted by Crippen LogP contribution is -2.44. The summed E-state index contributed by atoms with van der Waals surface area (Å²) in [6.07, 6.45) is -0.777. The van der Waals surface area contributed by atoms with Crippen LogP contribution < -0.4 is 15.4 Å². The molecule has 0 saturated carbocycles. The lowest BCUT2D eigenvalue weighted by atomic mass is 10.1. The summed E-state index contributed by atoms with van der Waals surface area (Å²) < 4.78 is 10.0. The summed E-state index contributed by atoms with van der Waals surface area (Å²) in [5.74, 6) is -0.988. The fourth-order valence-electron chi connectivity index (χ4n) is 2.48. The van der Waals surface area contributed by atoms with Gasteiger partial charge in [0, 0.05) is 13.0 Å². The molecule has 8 nitrogen and oxygen atoms in total. The van der Waals surface area contributed by atoms with Gasteiger partial charge in [-0.2, -0.15) is 0 Å². The van der Waals surface area contributed by atoms with Crippen molar-refractivity contribution in [3.05, 3.63) is 59.7 Å². The molecule has 0 bridgehead atoms. The van der Waals surface area contributed by atoms with Gasteiger partial charge in [0.15, 0.2) is 17.6 Å². The highest BCUT2D eigenvalue weighted by Crippen LogP contribution is 2.26. The molecule has 29 heavy (non-hydrogen) atoms. The monoisotopic (exact) mass is 400 g/mol. The molecule has 0 aliphatic rings. The number of nitrogens with one attached hydrogen (secondary N) is 2. The van der Waals surface area contributed by atoms with Gasteiger partial charge in [-0.15, -0.1) is 0 Å². The van der Waals surface area contributed by atoms with Gasteiger partial charge >= 0.3 is 12.0 Å². The second-order valence-corrected chi connectivity index (χ2v) is 6.30. The maximum absolute atomic E-state index is 12.0. The molecule has 8 heteroatoms. The average molecular weight is 400 g/mol. The second-order valence-electron chi connectivity index (χ2n) is 6.30. The first kappa shape index (κ1) is 21.7. The largest absolute Gasteiger partial charge is 0.504 e. The van der Waals surface area contributed by atoms with Crippen molar-refractivity contribution in [1.82, 2.24) is 10.6 Å². The first-order valence-electron chi connectivity index (χ1n) is 9.07. The number of carbonyl (C=O) groups is 3. The van der Waals surface area contributed by atoms with Crippen LogP contribution in [0.2, 0.25) is 0 Å². The van der Waals surface area contributed by atoms with E-state index in [1.165, 1.54) is 20.1 Å². The molecular formula is C21H24N2O6. The molecule has 0 aromatic heterocycles. The third-order valence-electron chi connectivity index (χ3n) is 4.07. The number of amides is 3. The summed E-state index contributed by atoms with van der Waals surface area (Å²) in [6, 6.07) is 13.4. The van der Waals surface area contributed by atoms with Crippen molar-refractivity contribution in [2.45, 2.75) is 32.4 Å². The number of hydrogen-bond acceptors (Lipinski definition) is 6. The van der Waals surface area contributed by atoms with Crippen LogP contribution in [0.4, 0.5) is 4.79 Å². The summed E-state index contributed by atoms with van der Waals surface area (Å²) in [6.45, 7) is 1.65. The van der Waals surface area contributed by atoms with Crippen LogP contribution in [0, 0.1) is 0 Å². The van der Waals surface area contributed by atoms with Gasteiger partial charge in [-0.05, 0) is 36.6 Å². The molecule has 0 aliphatic carbocycles. The standard InChI is InChI=1S/C21H24N2O6/c1-14(20(26)23-21(27)22-13-16-6-4-3-5-7-16)29-19(25)11-9-15-8-10-18(28-2)17(24)12-15/h3-8,10,12,14,24H,9,11,13H2,1-2H3,(H2,22,23,26,27). The van der Waals surface area contributed by atoms with Gasteiger partial charge in [0.2, 0.25) is 0 Å². The Morgan fingerprint density at radius 1 is 1.07 bits per heavy atom. The Kier molecular flexibility index (Phi) is 8.02. The molecule has 0 aliphatic heterocycles. The van der Waals surface area contributed by atoms with Crippen LogP contribution in [0.3, 0.4) is 0 Å². The summed E-state index contributed by atoms with van der Waals surface area (Å²) in [7, 11) is 1.44. The van der Waals surface area contributed by atoms with E-state index in [-0.39, 0.29) is 18.7 Å². The van der Waals surface area contributed by atoms with Crippen molar-refractivity contribution in [3.63, 3.8) is 0 Å². The molecule has 1 unspecified atom stereocenters. The van der Waals surface area contributed by atoms with E-state index < -0.39 is 24.0 Å². The van der Waals surface area contributed by atoms with E-state index in [9.17, 15) is 19.5 Å². The van der Waals surface area contributed by atoms with E-state index in [4.69, 9.17) is 9.47 Å². The van der Waals surface area contributed by atoms with Crippen LogP contribution in [0.15, 0.2) is 48.5 Å². The number of benzene rings is 2. The van der Waals surface area contributed by atoms with Crippen molar-refractivity contribution in [2.24, 2.45) is 0 Å². The number of carbonyl (C=O) groups excluding carboxylic acids is 3. The van der Waals surface area contributed by atoms with Gasteiger partial charge in [0.1, 0.15) is 0 Å². The van der Waals surface area contributed by atoms with Gasteiger partial charge in [-0.1, -0.05) is 36.4 Å². The van der Waals surface area contributed by atoms with Crippen LogP contribution in [0.1, 0.15) is 24.5 Å². The van der Waals surface area contributed by atoms with Crippen molar-refractivity contribution in [3.8, 4) is 11.5 Å². The Labute approximate surface area is 168 Å². The second kappa shape index (κ2) is 10.7. The molecule has 1 atom stereocenters. The predicted octanol–water partition coefficient (Wildman–Crippen LogP) is 2.29. The van der Waals surface area contributed by atoms with E-state index >= 15 is 0 Å².